The van der Waals surface area contributed by atoms with Gasteiger partial charge in [-0.1, -0.05) is 11.6 Å². The van der Waals surface area contributed by atoms with Crippen LogP contribution in [0.5, 0.6) is 0 Å². The second kappa shape index (κ2) is 9.91. The molecule has 0 fully saturated rings. The van der Waals surface area contributed by atoms with Crippen LogP contribution in [0.4, 0.5) is 0 Å². The molecule has 0 unspecified atom stereocenters. The van der Waals surface area contributed by atoms with Crippen molar-refractivity contribution in [1.82, 2.24) is 0 Å². The van der Waals surface area contributed by atoms with E-state index in [-0.39, 0.29) is 0 Å². The van der Waals surface area contributed by atoms with Crippen molar-refractivity contribution in [1.29, 1.82) is 0 Å². The van der Waals surface area contributed by atoms with Gasteiger partial charge in [0.25, 0.3) is 0 Å². The highest BCUT2D eigenvalue weighted by molar-refractivity contribution is 6.18. The second-order valence-corrected chi connectivity index (χ2v) is 1.96. The summed E-state index contributed by atoms with van der Waals surface area (Å²) in [4.78, 5) is 0. The fourth-order valence-corrected chi connectivity index (χ4v) is 0. The summed E-state index contributed by atoms with van der Waals surface area (Å²) in [6.07, 6.45) is 1.64. The summed E-state index contributed by atoms with van der Waals surface area (Å²) in [6.45, 7) is 10.8. The van der Waals surface area contributed by atoms with Crippen LogP contribution in [-0.2, 0) is 0 Å². The van der Waals surface area contributed by atoms with Crippen LogP contribution in [0.3, 0.4) is 0 Å². The average molecular weight is 133 g/mol. The van der Waals surface area contributed by atoms with E-state index in [4.69, 9.17) is 11.6 Å². The zero-order valence-electron chi connectivity index (χ0n) is 5.58. The van der Waals surface area contributed by atoms with Crippen molar-refractivity contribution in [3.8, 4) is 0 Å². The summed E-state index contributed by atoms with van der Waals surface area (Å²) in [7, 11) is 0. The van der Waals surface area contributed by atoms with Crippen molar-refractivity contribution in [2.75, 3.05) is 5.88 Å². The minimum atomic E-state index is 0.556. The number of alkyl halides is 1. The van der Waals surface area contributed by atoms with Crippen molar-refractivity contribution in [2.24, 2.45) is 0 Å². The molecular weight excluding hydrogens is 120 g/mol. The molecule has 0 nitrogen and oxygen atoms in total. The van der Waals surface area contributed by atoms with Crippen LogP contribution in [0.25, 0.3) is 0 Å². The highest BCUT2D eigenvalue weighted by Crippen LogP contribution is 1.73. The summed E-state index contributed by atoms with van der Waals surface area (Å²) in [5.74, 6) is 0.556. The summed E-state index contributed by atoms with van der Waals surface area (Å²) >= 11 is 5.07. The molecule has 48 valence electrons. The van der Waals surface area contributed by atoms with Gasteiger partial charge in [-0.3, -0.25) is 0 Å². The molecule has 0 bridgehead atoms. The summed E-state index contributed by atoms with van der Waals surface area (Å²) in [6, 6.07) is 0. The zero-order chi connectivity index (χ0) is 6.99. The van der Waals surface area contributed by atoms with Gasteiger partial charge in [-0.05, 0) is 13.8 Å². The first kappa shape index (κ1) is 10.7. The highest BCUT2D eigenvalue weighted by atomic mass is 35.5. The predicted molar refractivity (Wildman–Crippen MR) is 41.4 cm³/mol. The van der Waals surface area contributed by atoms with Gasteiger partial charge in [0.05, 0.1) is 0 Å². The molecule has 0 N–H and O–H groups in total. The minimum absolute atomic E-state index is 0.556. The van der Waals surface area contributed by atoms with Gasteiger partial charge >= 0.3 is 0 Å². The van der Waals surface area contributed by atoms with E-state index in [2.05, 4.69) is 13.2 Å². The van der Waals surface area contributed by atoms with Crippen molar-refractivity contribution in [3.05, 3.63) is 24.8 Å². The monoisotopic (exact) mass is 132 g/mol. The molecular formula is C7H13Cl. The van der Waals surface area contributed by atoms with Gasteiger partial charge in [-0.2, -0.15) is 0 Å². The van der Waals surface area contributed by atoms with Gasteiger partial charge in [0.15, 0.2) is 0 Å². The first-order valence-electron chi connectivity index (χ1n) is 2.44. The molecule has 0 spiro atoms. The van der Waals surface area contributed by atoms with E-state index in [0.29, 0.717) is 5.88 Å². The van der Waals surface area contributed by atoms with Crippen LogP contribution in [0.1, 0.15) is 13.8 Å². The number of rotatable bonds is 1. The minimum Gasteiger partial charge on any atom is -0.122 e. The van der Waals surface area contributed by atoms with Crippen LogP contribution < -0.4 is 0 Å². The Hall–Kier alpha value is -0.230. The number of allylic oxidation sites excluding steroid dienone is 2. The normalized spacial score (nSPS) is 6.38. The molecule has 0 aliphatic rings. The summed E-state index contributed by atoms with van der Waals surface area (Å²) in [5, 5.41) is 0. The molecule has 0 amide bonds. The Morgan fingerprint density at radius 3 is 1.75 bits per heavy atom. The van der Waals surface area contributed by atoms with E-state index < -0.39 is 0 Å². The lowest BCUT2D eigenvalue weighted by molar-refractivity contribution is 1.42. The largest absolute Gasteiger partial charge is 0.122 e. The maximum absolute atomic E-state index is 5.07. The number of hydrogen-bond donors (Lipinski definition) is 0. The predicted octanol–water partition coefficient (Wildman–Crippen LogP) is 2.99. The maximum Gasteiger partial charge on any atom is 0.0401 e. The fourth-order valence-electron chi connectivity index (χ4n) is 0. The van der Waals surface area contributed by atoms with Gasteiger partial charge in [0.1, 0.15) is 0 Å². The van der Waals surface area contributed by atoms with E-state index >= 15 is 0 Å². The van der Waals surface area contributed by atoms with Gasteiger partial charge in [0.2, 0.25) is 0 Å². The topological polar surface area (TPSA) is 0 Å². The smallest absolute Gasteiger partial charge is 0.0401 e. The first-order chi connectivity index (χ1) is 3.65. The lowest BCUT2D eigenvalue weighted by Crippen LogP contribution is -1.45. The van der Waals surface area contributed by atoms with Crippen LogP contribution in [0.2, 0.25) is 0 Å². The van der Waals surface area contributed by atoms with Crippen molar-refractivity contribution >= 4 is 11.6 Å². The van der Waals surface area contributed by atoms with Crippen LogP contribution in [0, 0.1) is 0 Å². The third-order valence-electron chi connectivity index (χ3n) is 0.109. The molecule has 1 heteroatoms. The second-order valence-electron chi connectivity index (χ2n) is 1.65. The molecule has 0 rings (SSSR count). The Bertz CT molecular complexity index is 60.8. The number of hydrogen-bond acceptors (Lipinski definition) is 0. The zero-order valence-corrected chi connectivity index (χ0v) is 6.33. The molecule has 0 saturated carbocycles. The van der Waals surface area contributed by atoms with Crippen molar-refractivity contribution in [2.45, 2.75) is 13.8 Å². The van der Waals surface area contributed by atoms with E-state index in [1.54, 1.807) is 6.08 Å². The molecule has 0 saturated heterocycles. The van der Waals surface area contributed by atoms with E-state index in [9.17, 15) is 0 Å². The van der Waals surface area contributed by atoms with Crippen LogP contribution in [-0.4, -0.2) is 5.88 Å². The first-order valence-corrected chi connectivity index (χ1v) is 2.97. The highest BCUT2D eigenvalue weighted by Gasteiger charge is 1.51. The molecule has 0 aliphatic heterocycles. The Balaban J connectivity index is 0. The Morgan fingerprint density at radius 1 is 1.62 bits per heavy atom. The molecule has 0 aromatic carbocycles. The quantitative estimate of drug-likeness (QED) is 0.380. The number of halogens is 1. The van der Waals surface area contributed by atoms with Crippen molar-refractivity contribution < 1.29 is 0 Å². The molecule has 0 heterocycles. The van der Waals surface area contributed by atoms with Crippen LogP contribution >= 0.6 is 11.6 Å². The van der Waals surface area contributed by atoms with Gasteiger partial charge in [-0.15, -0.1) is 24.8 Å². The Morgan fingerprint density at radius 2 is 1.75 bits per heavy atom. The standard InChI is InChI=1S/C4H8.C3H5Cl/c1-4(2)3;1-2-3-4/h1H2,2-3H3;2H,1,3H2. The van der Waals surface area contributed by atoms with E-state index in [1.165, 1.54) is 5.57 Å². The van der Waals surface area contributed by atoms with Crippen molar-refractivity contribution in [3.63, 3.8) is 0 Å². The molecule has 0 radical (unpaired) electrons. The molecule has 0 aromatic rings. The Kier molecular flexibility index (Phi) is 13.2. The van der Waals surface area contributed by atoms with Gasteiger partial charge < -0.3 is 0 Å². The fraction of sp³-hybridized carbons (Fsp3) is 0.429. The van der Waals surface area contributed by atoms with Gasteiger partial charge in [0, 0.05) is 5.88 Å². The average Bonchev–Trinajstić information content (AvgIpc) is 1.65. The third kappa shape index (κ3) is 221. The van der Waals surface area contributed by atoms with E-state index in [0.717, 1.165) is 0 Å². The molecule has 0 aromatic heterocycles. The van der Waals surface area contributed by atoms with Gasteiger partial charge in [-0.25, -0.2) is 0 Å². The summed E-state index contributed by atoms with van der Waals surface area (Å²) < 4.78 is 0. The molecule has 8 heavy (non-hydrogen) atoms. The molecule has 0 atom stereocenters. The Labute approximate surface area is 56.9 Å². The lowest BCUT2D eigenvalue weighted by atomic mass is 10.4. The SMILES string of the molecule is C=C(C)C.C=CCCl. The lowest BCUT2D eigenvalue weighted by Gasteiger charge is -1.65. The third-order valence-corrected chi connectivity index (χ3v) is 0.327. The maximum atomic E-state index is 5.07. The molecule has 0 aliphatic carbocycles. The van der Waals surface area contributed by atoms with E-state index in [1.807, 2.05) is 13.8 Å². The summed E-state index contributed by atoms with van der Waals surface area (Å²) in [5.41, 5.74) is 1.17. The van der Waals surface area contributed by atoms with Crippen LogP contribution in [0.15, 0.2) is 24.8 Å².